The molecular formula is C25H22Cl2N2O7S. The fourth-order valence-electron chi connectivity index (χ4n) is 3.34. The number of amides is 1. The van der Waals surface area contributed by atoms with Crippen LogP contribution in [-0.4, -0.2) is 47.0 Å². The maximum atomic E-state index is 13.6. The number of carbonyl (C=O) groups excluding carboxylic acids is 3. The van der Waals surface area contributed by atoms with Crippen molar-refractivity contribution in [2.75, 3.05) is 30.4 Å². The lowest BCUT2D eigenvalue weighted by molar-refractivity contribution is -0.114. The number of nitrogens with one attached hydrogen (secondary N) is 1. The minimum absolute atomic E-state index is 0.0460. The average Bonchev–Trinajstić information content (AvgIpc) is 2.85. The van der Waals surface area contributed by atoms with Gasteiger partial charge in [-0.3, -0.25) is 9.10 Å². The molecule has 0 saturated heterocycles. The lowest BCUT2D eigenvalue weighted by Gasteiger charge is -2.25. The van der Waals surface area contributed by atoms with Gasteiger partial charge in [-0.2, -0.15) is 0 Å². The third-order valence-electron chi connectivity index (χ3n) is 5.15. The van der Waals surface area contributed by atoms with Crippen LogP contribution in [0.4, 0.5) is 11.4 Å². The van der Waals surface area contributed by atoms with Gasteiger partial charge in [0.25, 0.3) is 10.0 Å². The van der Waals surface area contributed by atoms with Crippen LogP contribution in [0.5, 0.6) is 0 Å². The summed E-state index contributed by atoms with van der Waals surface area (Å²) in [5.41, 5.74) is 0.814. The van der Waals surface area contributed by atoms with E-state index in [1.807, 2.05) is 0 Å². The molecule has 3 aromatic carbocycles. The molecule has 0 aromatic heterocycles. The van der Waals surface area contributed by atoms with Crippen LogP contribution in [0.25, 0.3) is 0 Å². The Hall–Kier alpha value is -3.60. The number of benzene rings is 3. The highest BCUT2D eigenvalue weighted by Crippen LogP contribution is 2.30. The molecule has 194 valence electrons. The van der Waals surface area contributed by atoms with Gasteiger partial charge in [-0.1, -0.05) is 40.9 Å². The van der Waals surface area contributed by atoms with E-state index in [1.54, 1.807) is 19.1 Å². The van der Waals surface area contributed by atoms with Gasteiger partial charge in [0.1, 0.15) is 6.54 Å². The second-order valence-electron chi connectivity index (χ2n) is 7.74. The summed E-state index contributed by atoms with van der Waals surface area (Å²) in [7, 11) is -1.93. The van der Waals surface area contributed by atoms with Crippen molar-refractivity contribution < 1.29 is 32.3 Å². The number of nitrogens with zero attached hydrogens (tertiary/aromatic N) is 1. The van der Waals surface area contributed by atoms with Crippen LogP contribution in [0.2, 0.25) is 10.0 Å². The van der Waals surface area contributed by atoms with Crippen LogP contribution in [0.15, 0.2) is 65.6 Å². The van der Waals surface area contributed by atoms with Crippen molar-refractivity contribution >= 4 is 62.4 Å². The number of carbonyl (C=O) groups is 3. The molecule has 0 fully saturated rings. The van der Waals surface area contributed by atoms with Crippen LogP contribution in [-0.2, 0) is 24.3 Å². The number of hydrogen-bond acceptors (Lipinski definition) is 7. The molecule has 0 aliphatic carbocycles. The van der Waals surface area contributed by atoms with E-state index in [-0.39, 0.29) is 37.4 Å². The first-order valence-electron chi connectivity index (χ1n) is 10.6. The van der Waals surface area contributed by atoms with Crippen LogP contribution >= 0.6 is 23.2 Å². The first-order chi connectivity index (χ1) is 17.5. The lowest BCUT2D eigenvalue weighted by Crippen LogP contribution is -2.38. The smallest absolute Gasteiger partial charge is 0.339 e. The number of anilines is 2. The summed E-state index contributed by atoms with van der Waals surface area (Å²) in [5, 5.41) is 2.80. The molecule has 0 aliphatic heterocycles. The van der Waals surface area contributed by atoms with Gasteiger partial charge in [0.05, 0.1) is 41.6 Å². The van der Waals surface area contributed by atoms with Crippen molar-refractivity contribution in [3.8, 4) is 0 Å². The van der Waals surface area contributed by atoms with Crippen molar-refractivity contribution in [3.05, 3.63) is 87.4 Å². The van der Waals surface area contributed by atoms with Gasteiger partial charge in [-0.15, -0.1) is 0 Å². The molecule has 3 aromatic rings. The minimum Gasteiger partial charge on any atom is -0.465 e. The molecule has 0 saturated carbocycles. The second kappa shape index (κ2) is 11.6. The van der Waals surface area contributed by atoms with Crippen molar-refractivity contribution in [1.29, 1.82) is 0 Å². The van der Waals surface area contributed by atoms with Gasteiger partial charge >= 0.3 is 11.9 Å². The molecule has 3 rings (SSSR count). The van der Waals surface area contributed by atoms with Gasteiger partial charge in [0.15, 0.2) is 0 Å². The highest BCUT2D eigenvalue weighted by atomic mass is 35.5. The Morgan fingerprint density at radius 1 is 0.865 bits per heavy atom. The summed E-state index contributed by atoms with van der Waals surface area (Å²) in [6, 6.07) is 14.0. The summed E-state index contributed by atoms with van der Waals surface area (Å²) in [6.45, 7) is 1.09. The summed E-state index contributed by atoms with van der Waals surface area (Å²) in [6.07, 6.45) is 0. The maximum absolute atomic E-state index is 13.6. The van der Waals surface area contributed by atoms with Crippen molar-refractivity contribution in [2.24, 2.45) is 0 Å². The molecule has 0 unspecified atom stereocenters. The van der Waals surface area contributed by atoms with Crippen molar-refractivity contribution in [1.82, 2.24) is 0 Å². The van der Waals surface area contributed by atoms with Gasteiger partial charge in [-0.05, 0) is 55.5 Å². The van der Waals surface area contributed by atoms with E-state index in [2.05, 4.69) is 10.1 Å². The highest BCUT2D eigenvalue weighted by Gasteiger charge is 2.28. The molecule has 37 heavy (non-hydrogen) atoms. The Morgan fingerprint density at radius 2 is 1.46 bits per heavy atom. The monoisotopic (exact) mass is 564 g/mol. The van der Waals surface area contributed by atoms with E-state index in [0.717, 1.165) is 17.0 Å². The summed E-state index contributed by atoms with van der Waals surface area (Å²) in [5.74, 6) is -2.31. The predicted octanol–water partition coefficient (Wildman–Crippen LogP) is 4.71. The molecule has 12 heteroatoms. The number of aryl methyl sites for hydroxylation is 1. The number of hydrogen-bond donors (Lipinski definition) is 1. The third kappa shape index (κ3) is 6.59. The largest absolute Gasteiger partial charge is 0.465 e. The molecular weight excluding hydrogens is 543 g/mol. The number of ether oxygens (including phenoxy) is 2. The van der Waals surface area contributed by atoms with E-state index in [9.17, 15) is 22.8 Å². The maximum Gasteiger partial charge on any atom is 0.339 e. The molecule has 9 nitrogen and oxygen atoms in total. The Balaban J connectivity index is 2.04. The molecule has 0 radical (unpaired) electrons. The fourth-order valence-corrected chi connectivity index (χ4v) is 5.26. The molecule has 0 spiro atoms. The zero-order valence-corrected chi connectivity index (χ0v) is 22.3. The van der Waals surface area contributed by atoms with E-state index in [0.29, 0.717) is 0 Å². The molecule has 0 aliphatic rings. The molecule has 0 bridgehead atoms. The summed E-state index contributed by atoms with van der Waals surface area (Å²) in [4.78, 5) is 37.3. The van der Waals surface area contributed by atoms with E-state index < -0.39 is 34.4 Å². The quantitative estimate of drug-likeness (QED) is 0.393. The summed E-state index contributed by atoms with van der Waals surface area (Å²) < 4.78 is 37.4. The predicted molar refractivity (Wildman–Crippen MR) is 140 cm³/mol. The van der Waals surface area contributed by atoms with Crippen LogP contribution < -0.4 is 9.62 Å². The Labute approximate surface area is 223 Å². The molecule has 1 amide bonds. The Bertz CT molecular complexity index is 1440. The SMILES string of the molecule is COC(=O)c1ccc(C(=O)OC)c(NC(=O)CN(c2cc(Cl)cc(Cl)c2)S(=O)(=O)c2ccc(C)cc2)c1. The fraction of sp³-hybridized carbons (Fsp3) is 0.160. The van der Waals surface area contributed by atoms with Crippen LogP contribution in [0.3, 0.4) is 0 Å². The molecule has 0 heterocycles. The summed E-state index contributed by atoms with van der Waals surface area (Å²) >= 11 is 12.2. The minimum atomic E-state index is -4.26. The first kappa shape index (κ1) is 28.0. The number of sulfonamides is 1. The average molecular weight is 565 g/mol. The van der Waals surface area contributed by atoms with Gasteiger partial charge in [0.2, 0.25) is 5.91 Å². The molecule has 0 atom stereocenters. The number of esters is 2. The zero-order chi connectivity index (χ0) is 27.3. The van der Waals surface area contributed by atoms with Crippen LogP contribution in [0.1, 0.15) is 26.3 Å². The topological polar surface area (TPSA) is 119 Å². The third-order valence-corrected chi connectivity index (χ3v) is 7.38. The van der Waals surface area contributed by atoms with E-state index in [1.165, 1.54) is 55.6 Å². The lowest BCUT2D eigenvalue weighted by atomic mass is 10.1. The van der Waals surface area contributed by atoms with Gasteiger partial charge in [0, 0.05) is 10.0 Å². The van der Waals surface area contributed by atoms with Crippen molar-refractivity contribution in [3.63, 3.8) is 0 Å². The first-order valence-corrected chi connectivity index (χ1v) is 12.8. The Morgan fingerprint density at radius 3 is 2.03 bits per heavy atom. The number of rotatable bonds is 8. The standard InChI is InChI=1S/C25H22Cl2N2O7S/c1-15-4-7-20(8-5-15)37(33,34)29(19-12-17(26)11-18(27)13-19)14-23(30)28-22-10-16(24(31)35-2)6-9-21(22)25(32)36-3/h4-13H,14H2,1-3H3,(H,28,30). The number of methoxy groups -OCH3 is 2. The molecule has 1 N–H and O–H groups in total. The van der Waals surface area contributed by atoms with Gasteiger partial charge < -0.3 is 14.8 Å². The van der Waals surface area contributed by atoms with Crippen molar-refractivity contribution in [2.45, 2.75) is 11.8 Å². The van der Waals surface area contributed by atoms with Gasteiger partial charge in [-0.25, -0.2) is 18.0 Å². The number of halogens is 2. The normalized spacial score (nSPS) is 10.9. The van der Waals surface area contributed by atoms with Crippen LogP contribution in [0, 0.1) is 6.92 Å². The highest BCUT2D eigenvalue weighted by molar-refractivity contribution is 7.92. The van der Waals surface area contributed by atoms with E-state index in [4.69, 9.17) is 27.9 Å². The van der Waals surface area contributed by atoms with E-state index >= 15 is 0 Å². The Kier molecular flexibility index (Phi) is 8.80. The zero-order valence-electron chi connectivity index (χ0n) is 19.9. The second-order valence-corrected chi connectivity index (χ2v) is 10.5.